The van der Waals surface area contributed by atoms with Crippen molar-refractivity contribution in [3.63, 3.8) is 0 Å². The number of anilines is 4. The number of carbonyl (C=O) groups is 15. The topological polar surface area (TPSA) is 448 Å². The van der Waals surface area contributed by atoms with Crippen LogP contribution in [0.15, 0.2) is 84.4 Å². The van der Waals surface area contributed by atoms with Gasteiger partial charge in [-0.05, 0) is 212 Å². The number of ketones is 4. The molecule has 4 aliphatic carbocycles. The molecule has 5 aromatic heterocycles. The van der Waals surface area contributed by atoms with E-state index in [2.05, 4.69) is 63.4 Å². The molecule has 9 heterocycles. The van der Waals surface area contributed by atoms with Crippen LogP contribution in [0.1, 0.15) is 227 Å². The lowest BCUT2D eigenvalue weighted by atomic mass is 9.72. The summed E-state index contributed by atoms with van der Waals surface area (Å²) in [7, 11) is 2.51. The number of hydrogen-bond acceptors (Lipinski definition) is 18. The second kappa shape index (κ2) is 37.2. The van der Waals surface area contributed by atoms with Gasteiger partial charge < -0.3 is 77.2 Å². The molecule has 12 N–H and O–H groups in total. The van der Waals surface area contributed by atoms with E-state index < -0.39 is 190 Å². The molecule has 4 fully saturated rings. The van der Waals surface area contributed by atoms with Crippen LogP contribution in [-0.4, -0.2) is 165 Å². The highest BCUT2D eigenvalue weighted by Gasteiger charge is 2.65. The molecule has 9 aromatic rings. The van der Waals surface area contributed by atoms with Crippen LogP contribution in [0.2, 0.25) is 0 Å². The summed E-state index contributed by atoms with van der Waals surface area (Å²) >= 11 is 1.34. The lowest BCUT2D eigenvalue weighted by Gasteiger charge is -2.45. The summed E-state index contributed by atoms with van der Waals surface area (Å²) in [5.74, 6) is -24.3. The maximum absolute atomic E-state index is 13.9. The number of Topliss-reactive ketones (excluding diaryl/α,β-unsaturated/α-hetero) is 4. The molecule has 4 aliphatic heterocycles. The number of nitrogens with two attached hydrogens (primary N) is 1. The number of primary amides is 1. The van der Waals surface area contributed by atoms with Gasteiger partial charge in [-0.15, -0.1) is 21.5 Å². The van der Waals surface area contributed by atoms with Gasteiger partial charge in [-0.3, -0.25) is 71.9 Å². The van der Waals surface area contributed by atoms with Crippen LogP contribution in [0.25, 0.3) is 0 Å². The van der Waals surface area contributed by atoms with Gasteiger partial charge in [0.15, 0.2) is 0 Å². The highest BCUT2D eigenvalue weighted by Crippen LogP contribution is 2.50. The smallest absolute Gasteiger partial charge is 0.294 e. The maximum Gasteiger partial charge on any atom is 0.294 e. The molecule has 17 rings (SSSR count). The fourth-order valence-electron chi connectivity index (χ4n) is 18.9. The highest BCUT2D eigenvalue weighted by atomic mass is 32.1. The molecule has 716 valence electrons. The van der Waals surface area contributed by atoms with E-state index in [0.717, 1.165) is 12.1 Å². The van der Waals surface area contributed by atoms with Crippen LogP contribution >= 0.6 is 11.3 Å². The number of aromatic nitrogens is 6. The first-order chi connectivity index (χ1) is 64.0. The van der Waals surface area contributed by atoms with Gasteiger partial charge in [-0.1, -0.05) is 18.2 Å². The Kier molecular flexibility index (Phi) is 26.7. The van der Waals surface area contributed by atoms with Crippen molar-refractivity contribution in [2.45, 2.75) is 217 Å². The van der Waals surface area contributed by atoms with Crippen LogP contribution in [0, 0.1) is 71.7 Å². The Bertz CT molecular complexity index is 6540. The van der Waals surface area contributed by atoms with E-state index in [-0.39, 0.29) is 67.5 Å². The van der Waals surface area contributed by atoms with Gasteiger partial charge in [-0.2, -0.15) is 0 Å². The molecule has 0 bridgehead atoms. The fraction of sp³-hybridized carbons (Fsp3) is 0.387. The summed E-state index contributed by atoms with van der Waals surface area (Å²) in [6.07, 6.45) is 0.522. The van der Waals surface area contributed by atoms with Crippen molar-refractivity contribution in [2.75, 3.05) is 35.4 Å². The average Bonchev–Trinajstić information content (AvgIpc) is 1.04. The molecular weight excluding hydrogens is 1820 g/mol. The molecule has 32 nitrogen and oxygen atoms in total. The lowest BCUT2D eigenvalue weighted by Crippen LogP contribution is -2.69. The summed E-state index contributed by atoms with van der Waals surface area (Å²) in [6, 6.07) is 18.1. The number of nitrogens with zero attached hydrogens (tertiary/aromatic N) is 6. The molecule has 0 radical (unpaired) electrons. The number of aryl methyl sites for hydroxylation is 3. The van der Waals surface area contributed by atoms with E-state index in [1.807, 2.05) is 0 Å². The Hall–Kier alpha value is -14.3. The molecule has 11 amide bonds. The number of nitrogens with one attached hydrogen (secondary N) is 10. The van der Waals surface area contributed by atoms with Crippen molar-refractivity contribution in [3.05, 3.63) is 219 Å². The van der Waals surface area contributed by atoms with Crippen molar-refractivity contribution in [3.8, 4) is 0 Å². The van der Waals surface area contributed by atoms with E-state index in [1.54, 1.807) is 75.7 Å². The third-order valence-corrected chi connectivity index (χ3v) is 26.6. The number of hydrogen-bond donors (Lipinski definition) is 11. The second-order valence-electron chi connectivity index (χ2n) is 35.3. The van der Waals surface area contributed by atoms with Crippen molar-refractivity contribution < 1.29 is 116 Å². The van der Waals surface area contributed by atoms with E-state index in [1.165, 1.54) is 101 Å². The summed E-state index contributed by atoms with van der Waals surface area (Å²) in [4.78, 5) is 192. The summed E-state index contributed by atoms with van der Waals surface area (Å²) < 4.78 is 142. The fourth-order valence-corrected chi connectivity index (χ4v) is 19.7. The van der Waals surface area contributed by atoms with Gasteiger partial charge in [-0.25, -0.2) is 43.9 Å². The van der Waals surface area contributed by atoms with Crippen molar-refractivity contribution in [1.82, 2.24) is 60.4 Å². The largest absolute Gasteiger partial charge is 0.368 e. The van der Waals surface area contributed by atoms with Crippen LogP contribution < -0.4 is 58.9 Å². The van der Waals surface area contributed by atoms with Crippen molar-refractivity contribution >= 4 is 122 Å². The monoisotopic (exact) mass is 1910 g/mol. The molecule has 4 saturated carbocycles. The van der Waals surface area contributed by atoms with Crippen LogP contribution in [0.5, 0.6) is 0 Å². The SMILES string of the molecule is CNC(=O)C1(NC(=O)C(=O)c2c(C)c(C(=O)Nc3ccc(C)c(F)c3)c3n2CCC3)CC(F)(F)C1.CNC(=O)C1(NC(=O)C(=O)c2c(C)c(C(=O)Nc3ccc(F)cc3)c3n2CCC3)CC(F)(F)C1.Cc1ccc(NC(=O)c2c(C)c(C(=O)C(=O)NC3(C(N)=O)CC(F)(F)C3)n3c2CCC3)cc1F.Cc1ccc(NC(=O)c2c(C)c(C(=O)C(=O)NC3(c4nncs4)CC3)n3c2CCC3)cc1F. The molecule has 8 aliphatic rings. The predicted octanol–water partition coefficient (Wildman–Crippen LogP) is 10.7. The molecule has 43 heteroatoms. The van der Waals surface area contributed by atoms with Gasteiger partial charge in [0.1, 0.15) is 50.4 Å². The number of likely N-dealkylation sites (N-methyl/N-ethyl adjacent to an activating group) is 2. The molecule has 4 aromatic carbocycles. The Morgan fingerprint density at radius 2 is 0.647 bits per heavy atom. The third kappa shape index (κ3) is 18.9. The van der Waals surface area contributed by atoms with Gasteiger partial charge in [0.25, 0.3) is 88.2 Å². The minimum Gasteiger partial charge on any atom is -0.368 e. The van der Waals surface area contributed by atoms with Gasteiger partial charge in [0, 0.05) is 124 Å². The predicted molar refractivity (Wildman–Crippen MR) is 470 cm³/mol. The zero-order valence-corrected chi connectivity index (χ0v) is 75.6. The second-order valence-corrected chi connectivity index (χ2v) is 36.1. The number of rotatable bonds is 24. The first kappa shape index (κ1) is 97.7. The molecule has 0 spiro atoms. The Balaban J connectivity index is 0.000000145. The molecule has 0 atom stereocenters. The molecule has 136 heavy (non-hydrogen) atoms. The summed E-state index contributed by atoms with van der Waals surface area (Å²) in [6.45, 7) is 12.7. The minimum atomic E-state index is -3.17. The Labute approximate surface area is 772 Å². The number of carbonyl (C=O) groups excluding carboxylic acids is 15. The number of amides is 11. The van der Waals surface area contributed by atoms with Gasteiger partial charge in [0.2, 0.25) is 17.7 Å². The van der Waals surface area contributed by atoms with Crippen LogP contribution in [0.3, 0.4) is 0 Å². The quantitative estimate of drug-likeness (QED) is 0.0152. The van der Waals surface area contributed by atoms with E-state index in [9.17, 15) is 116 Å². The third-order valence-electron chi connectivity index (χ3n) is 25.7. The van der Waals surface area contributed by atoms with Crippen molar-refractivity contribution in [2.24, 2.45) is 5.73 Å². The van der Waals surface area contributed by atoms with Crippen LogP contribution in [-0.2, 0) is 91.0 Å². The lowest BCUT2D eigenvalue weighted by molar-refractivity contribution is -0.164. The number of fused-ring (bicyclic) bond motifs is 4. The van der Waals surface area contributed by atoms with Crippen LogP contribution in [0.4, 0.5) is 66.7 Å². The molecular formula is C93H93F10N17O15S. The Morgan fingerprint density at radius 3 is 0.904 bits per heavy atom. The first-order valence-electron chi connectivity index (χ1n) is 43.3. The first-order valence-corrected chi connectivity index (χ1v) is 44.2. The van der Waals surface area contributed by atoms with E-state index in [4.69, 9.17) is 5.73 Å². The standard InChI is InChI=1S/C24H25F3N4O4.2C23H23F3N4O4.C23H22FN5O3S/c1-12-6-7-14(9-15(12)25)29-20(33)17-13(2)18(31-8-4-5-16(17)31)19(32)21(34)30-23(22(35)28-3)10-24(26,27)11-23;1-12-16(19(32)28-14-7-5-13(24)6-8-14)15-4-3-9-30(15)17(12)18(31)20(33)29-22(21(34)27-2)10-23(25,26)11-22;1-11-5-6-13(8-14(11)24)28-19(32)16-12(2)17(30-7-3-4-15(16)30)18(31)20(33)29-22(21(27)34)9-23(25,26)10-22;1-12-5-6-14(10-15(12)24)26-20(31)17-13(2)18(29-9-3-4-16(17)29)19(30)21(32)27-23(7-8-23)22-28-25-11-33-22/h6-7,9H,4-5,8,10-11H2,1-3H3,(H,28,35)(H,29,33)(H,30,34);5-8H,3-4,9-11H2,1-2H3,(H,27,34)(H,28,32)(H,29,33);5-6,8H,3-4,7,9-10H2,1-2H3,(H2,27,34)(H,28,32)(H,29,33);5-6,10-11H,3-4,7-9H2,1-2H3,(H,26,31)(H,27,32). The van der Waals surface area contributed by atoms with E-state index >= 15 is 0 Å². The van der Waals surface area contributed by atoms with Crippen molar-refractivity contribution in [1.29, 1.82) is 0 Å². The van der Waals surface area contributed by atoms with Gasteiger partial charge >= 0.3 is 0 Å². The molecule has 0 unspecified atom stereocenters. The van der Waals surface area contributed by atoms with E-state index in [0.29, 0.717) is 145 Å². The number of benzene rings is 4. The molecule has 0 saturated heterocycles. The number of halogens is 10. The van der Waals surface area contributed by atoms with Gasteiger partial charge in [0.05, 0.1) is 50.6 Å². The summed E-state index contributed by atoms with van der Waals surface area (Å²) in [5.41, 5.74) is 7.59. The normalized spacial score (nSPS) is 16.9. The Morgan fingerprint density at radius 1 is 0.375 bits per heavy atom. The maximum atomic E-state index is 13.9. The number of alkyl halides is 6. The average molecular weight is 1910 g/mol. The summed E-state index contributed by atoms with van der Waals surface area (Å²) in [5, 5.41) is 33.0. The zero-order chi connectivity index (χ0) is 98.9. The zero-order valence-electron chi connectivity index (χ0n) is 74.8. The minimum absolute atomic E-state index is 0.0209. The highest BCUT2D eigenvalue weighted by molar-refractivity contribution is 7.09.